The van der Waals surface area contributed by atoms with Crippen molar-refractivity contribution in [2.75, 3.05) is 6.61 Å². The van der Waals surface area contributed by atoms with Crippen LogP contribution >= 0.6 is 23.1 Å². The summed E-state index contributed by atoms with van der Waals surface area (Å²) < 4.78 is 5.68. The lowest BCUT2D eigenvalue weighted by Gasteiger charge is -2.11. The number of nitrogens with zero attached hydrogens (tertiary/aromatic N) is 2. The minimum atomic E-state index is 0.0570. The number of Topliss-reactive ketones (excluding diaryl/α,β-unsaturated/α-hetero) is 1. The second-order valence-corrected chi connectivity index (χ2v) is 6.78. The number of carbonyl (C=O) groups excluding carboxylic acids is 1. The molecule has 0 fully saturated rings. The van der Waals surface area contributed by atoms with Crippen molar-refractivity contribution in [3.63, 3.8) is 0 Å². The molecule has 0 aliphatic carbocycles. The van der Waals surface area contributed by atoms with Gasteiger partial charge in [-0.2, -0.15) is 0 Å². The molecule has 2 heterocycles. The predicted molar refractivity (Wildman–Crippen MR) is 94.6 cm³/mol. The van der Waals surface area contributed by atoms with Gasteiger partial charge in [-0.25, -0.2) is 9.97 Å². The van der Waals surface area contributed by atoms with Crippen LogP contribution in [0.1, 0.15) is 29.8 Å². The third-order valence-electron chi connectivity index (χ3n) is 3.36. The number of ketones is 1. The Morgan fingerprint density at radius 2 is 2.17 bits per heavy atom. The van der Waals surface area contributed by atoms with Crippen LogP contribution in [0.4, 0.5) is 0 Å². The first-order chi connectivity index (χ1) is 11.2. The molecule has 2 aromatic heterocycles. The van der Waals surface area contributed by atoms with Gasteiger partial charge in [-0.3, -0.25) is 4.79 Å². The zero-order chi connectivity index (χ0) is 16.2. The summed E-state index contributed by atoms with van der Waals surface area (Å²) in [6.07, 6.45) is 1.59. The monoisotopic (exact) mass is 344 g/mol. The lowest BCUT2D eigenvalue weighted by Crippen LogP contribution is -1.99. The average molecular weight is 344 g/mol. The Balaban J connectivity index is 1.88. The molecule has 1 aromatic carbocycles. The summed E-state index contributed by atoms with van der Waals surface area (Å²) in [7, 11) is 0. The van der Waals surface area contributed by atoms with Crippen molar-refractivity contribution in [2.24, 2.45) is 0 Å². The number of hydrogen-bond acceptors (Lipinski definition) is 6. The third-order valence-corrected chi connectivity index (χ3v) is 5.23. The highest BCUT2D eigenvalue weighted by molar-refractivity contribution is 7.98. The molecule has 3 aromatic rings. The van der Waals surface area contributed by atoms with Crippen LogP contribution in [0, 0.1) is 0 Å². The topological polar surface area (TPSA) is 52.1 Å². The first kappa shape index (κ1) is 16.0. The van der Waals surface area contributed by atoms with E-state index in [4.69, 9.17) is 4.74 Å². The number of benzene rings is 1. The van der Waals surface area contributed by atoms with Crippen LogP contribution in [0.5, 0.6) is 5.75 Å². The van der Waals surface area contributed by atoms with Gasteiger partial charge >= 0.3 is 0 Å². The summed E-state index contributed by atoms with van der Waals surface area (Å²) in [5.74, 6) is 1.57. The van der Waals surface area contributed by atoms with Gasteiger partial charge in [0.15, 0.2) is 5.78 Å². The zero-order valence-corrected chi connectivity index (χ0v) is 14.5. The third kappa shape index (κ3) is 3.54. The van der Waals surface area contributed by atoms with Crippen molar-refractivity contribution in [3.05, 3.63) is 47.1 Å². The number of aromatic nitrogens is 2. The highest BCUT2D eigenvalue weighted by atomic mass is 32.2. The molecule has 0 aliphatic heterocycles. The van der Waals surface area contributed by atoms with Gasteiger partial charge in [-0.05, 0) is 43.5 Å². The van der Waals surface area contributed by atoms with E-state index in [-0.39, 0.29) is 5.78 Å². The molecule has 0 aliphatic rings. The molecule has 0 amide bonds. The van der Waals surface area contributed by atoms with E-state index >= 15 is 0 Å². The van der Waals surface area contributed by atoms with Gasteiger partial charge in [0.2, 0.25) is 0 Å². The summed E-state index contributed by atoms with van der Waals surface area (Å²) in [5.41, 5.74) is 1.71. The molecular weight excluding hydrogens is 328 g/mol. The summed E-state index contributed by atoms with van der Waals surface area (Å²) in [6.45, 7) is 4.13. The Kier molecular flexibility index (Phi) is 4.93. The van der Waals surface area contributed by atoms with E-state index in [9.17, 15) is 4.79 Å². The van der Waals surface area contributed by atoms with Gasteiger partial charge in [0.05, 0.1) is 6.61 Å². The van der Waals surface area contributed by atoms with Crippen molar-refractivity contribution < 1.29 is 9.53 Å². The molecule has 0 bridgehead atoms. The summed E-state index contributed by atoms with van der Waals surface area (Å²) in [4.78, 5) is 21.2. The molecule has 23 heavy (non-hydrogen) atoms. The van der Waals surface area contributed by atoms with E-state index in [1.807, 2.05) is 36.6 Å². The van der Waals surface area contributed by atoms with Crippen molar-refractivity contribution in [1.82, 2.24) is 9.97 Å². The normalized spacial score (nSPS) is 10.9. The molecule has 0 atom stereocenters. The van der Waals surface area contributed by atoms with Gasteiger partial charge in [0.25, 0.3) is 0 Å². The molecule has 0 N–H and O–H groups in total. The number of ether oxygens (including phenoxy) is 1. The van der Waals surface area contributed by atoms with Crippen molar-refractivity contribution in [3.8, 4) is 5.75 Å². The molecule has 0 saturated heterocycles. The fourth-order valence-electron chi connectivity index (χ4n) is 2.24. The van der Waals surface area contributed by atoms with Crippen molar-refractivity contribution in [1.29, 1.82) is 0 Å². The predicted octanol–water partition coefficient (Wildman–Crippen LogP) is 4.58. The van der Waals surface area contributed by atoms with Gasteiger partial charge in [-0.1, -0.05) is 0 Å². The van der Waals surface area contributed by atoms with Crippen LogP contribution in [0.2, 0.25) is 0 Å². The number of hydrogen-bond donors (Lipinski definition) is 0. The molecule has 118 valence electrons. The van der Waals surface area contributed by atoms with E-state index in [1.165, 1.54) is 0 Å². The van der Waals surface area contributed by atoms with Crippen molar-refractivity contribution in [2.45, 2.75) is 24.6 Å². The van der Waals surface area contributed by atoms with Crippen LogP contribution in [-0.2, 0) is 5.75 Å². The first-order valence-electron chi connectivity index (χ1n) is 7.26. The maximum atomic E-state index is 11.6. The van der Waals surface area contributed by atoms with Gasteiger partial charge < -0.3 is 4.74 Å². The van der Waals surface area contributed by atoms with Crippen LogP contribution in [0.25, 0.3) is 10.2 Å². The molecule has 0 unspecified atom stereocenters. The lowest BCUT2D eigenvalue weighted by atomic mass is 10.1. The molecule has 3 rings (SSSR count). The maximum absolute atomic E-state index is 11.6. The lowest BCUT2D eigenvalue weighted by molar-refractivity contribution is 0.101. The summed E-state index contributed by atoms with van der Waals surface area (Å²) >= 11 is 3.24. The van der Waals surface area contributed by atoms with Crippen molar-refractivity contribution >= 4 is 39.1 Å². The van der Waals surface area contributed by atoms with Crippen LogP contribution in [0.15, 0.2) is 41.0 Å². The van der Waals surface area contributed by atoms with E-state index in [0.29, 0.717) is 17.9 Å². The van der Waals surface area contributed by atoms with Crippen LogP contribution in [-0.4, -0.2) is 22.4 Å². The van der Waals surface area contributed by atoms with Crippen LogP contribution in [0.3, 0.4) is 0 Å². The quantitative estimate of drug-likeness (QED) is 0.372. The Morgan fingerprint density at radius 1 is 1.30 bits per heavy atom. The molecule has 0 spiro atoms. The first-order valence-corrected chi connectivity index (χ1v) is 9.13. The maximum Gasteiger partial charge on any atom is 0.159 e. The molecular formula is C17H16N2O2S2. The van der Waals surface area contributed by atoms with E-state index in [2.05, 4.69) is 9.97 Å². The van der Waals surface area contributed by atoms with Gasteiger partial charge in [0.1, 0.15) is 21.9 Å². The summed E-state index contributed by atoms with van der Waals surface area (Å²) in [6, 6.07) is 7.63. The smallest absolute Gasteiger partial charge is 0.159 e. The molecule has 0 saturated carbocycles. The highest BCUT2D eigenvalue weighted by Gasteiger charge is 2.11. The largest absolute Gasteiger partial charge is 0.494 e. The van der Waals surface area contributed by atoms with E-state index in [0.717, 1.165) is 26.6 Å². The molecule has 0 radical (unpaired) electrons. The number of thioether (sulfide) groups is 1. The zero-order valence-electron chi connectivity index (χ0n) is 12.9. The fraction of sp³-hybridized carbons (Fsp3) is 0.235. The number of fused-ring (bicyclic) bond motifs is 1. The Labute approximate surface area is 142 Å². The van der Waals surface area contributed by atoms with Gasteiger partial charge in [0, 0.05) is 22.3 Å². The Morgan fingerprint density at radius 3 is 2.96 bits per heavy atom. The van der Waals surface area contributed by atoms with E-state index in [1.54, 1.807) is 36.3 Å². The Hall–Kier alpha value is -1.92. The summed E-state index contributed by atoms with van der Waals surface area (Å²) in [5, 5.41) is 4.04. The number of carbonyl (C=O) groups is 1. The second-order valence-electron chi connectivity index (χ2n) is 4.92. The van der Waals surface area contributed by atoms with E-state index < -0.39 is 0 Å². The average Bonchev–Trinajstić information content (AvgIpc) is 3.03. The standard InChI is InChI=1S/C17H16N2O2S2/c1-3-21-15-5-4-12(11(2)20)8-13(15)9-23-17-14-6-7-22-16(14)18-10-19-17/h4-8,10H,3,9H2,1-2H3. The molecule has 6 heteroatoms. The Bertz CT molecular complexity index is 845. The second kappa shape index (κ2) is 7.10. The SMILES string of the molecule is CCOc1ccc(C(C)=O)cc1CSc1ncnc2sccc12. The number of thiophene rings is 1. The van der Waals surface area contributed by atoms with Gasteiger partial charge in [-0.15, -0.1) is 23.1 Å². The minimum Gasteiger partial charge on any atom is -0.494 e. The van der Waals surface area contributed by atoms with Crippen LogP contribution < -0.4 is 4.74 Å². The minimum absolute atomic E-state index is 0.0570. The molecule has 4 nitrogen and oxygen atoms in total. The highest BCUT2D eigenvalue weighted by Crippen LogP contribution is 2.32. The number of rotatable bonds is 6. The fourth-order valence-corrected chi connectivity index (χ4v) is 3.99.